The molecule has 0 radical (unpaired) electrons. The van der Waals surface area contributed by atoms with E-state index in [1.54, 1.807) is 12.1 Å². The molecular formula is C15H17Cl2N3O2. The Bertz CT molecular complexity index is 678. The average molecular weight is 342 g/mol. The molecule has 1 N–H and O–H groups in total. The minimum absolute atomic E-state index is 0.186. The van der Waals surface area contributed by atoms with Crippen molar-refractivity contribution in [2.24, 2.45) is 0 Å². The van der Waals surface area contributed by atoms with Crippen molar-refractivity contribution in [2.45, 2.75) is 32.6 Å². The van der Waals surface area contributed by atoms with Gasteiger partial charge in [0, 0.05) is 23.9 Å². The molecule has 0 fully saturated rings. The molecule has 22 heavy (non-hydrogen) atoms. The number of nitrogens with zero attached hydrogens (tertiary/aromatic N) is 2. The topological polar surface area (TPSA) is 68.0 Å². The van der Waals surface area contributed by atoms with Crippen LogP contribution < -0.4 is 5.32 Å². The fourth-order valence-electron chi connectivity index (χ4n) is 1.69. The van der Waals surface area contributed by atoms with Crippen LogP contribution in [-0.2, 0) is 11.8 Å². The quantitative estimate of drug-likeness (QED) is 0.921. The van der Waals surface area contributed by atoms with Crippen LogP contribution in [0.2, 0.25) is 10.0 Å². The molecule has 2 rings (SSSR count). The number of amides is 1. The number of rotatable bonds is 4. The fourth-order valence-corrected chi connectivity index (χ4v) is 1.99. The number of nitrogens with one attached hydrogen (secondary N) is 1. The molecule has 0 bridgehead atoms. The third-order valence-electron chi connectivity index (χ3n) is 2.93. The van der Waals surface area contributed by atoms with Gasteiger partial charge in [-0.15, -0.1) is 0 Å². The van der Waals surface area contributed by atoms with Crippen molar-refractivity contribution in [1.29, 1.82) is 0 Å². The summed E-state index contributed by atoms with van der Waals surface area (Å²) in [6.07, 6.45) is 0.493. The second-order valence-corrected chi connectivity index (χ2v) is 6.71. The molecule has 0 unspecified atom stereocenters. The summed E-state index contributed by atoms with van der Waals surface area (Å²) >= 11 is 11.7. The molecule has 1 amide bonds. The number of halogens is 2. The van der Waals surface area contributed by atoms with Crippen molar-refractivity contribution < 1.29 is 9.32 Å². The first-order valence-electron chi connectivity index (χ1n) is 6.83. The van der Waals surface area contributed by atoms with Crippen molar-refractivity contribution in [3.8, 4) is 0 Å². The lowest BCUT2D eigenvalue weighted by Gasteiger charge is -2.10. The standard InChI is InChI=1S/C15H17Cl2N3O2/c1-15(2,3)14-19-12(20-22-14)6-7-18-13(21)9-4-5-10(16)11(17)8-9/h4-5,8H,6-7H2,1-3H3,(H,18,21). The Hall–Kier alpha value is -1.59. The van der Waals surface area contributed by atoms with E-state index in [0.717, 1.165) is 0 Å². The zero-order valence-electron chi connectivity index (χ0n) is 12.6. The summed E-state index contributed by atoms with van der Waals surface area (Å²) in [5.74, 6) is 0.927. The smallest absolute Gasteiger partial charge is 0.251 e. The van der Waals surface area contributed by atoms with Crippen LogP contribution in [0.3, 0.4) is 0 Å². The Morgan fingerprint density at radius 2 is 2.00 bits per heavy atom. The molecule has 0 aliphatic rings. The van der Waals surface area contributed by atoms with E-state index in [4.69, 9.17) is 27.7 Å². The molecule has 118 valence electrons. The second-order valence-electron chi connectivity index (χ2n) is 5.90. The Morgan fingerprint density at radius 3 is 2.59 bits per heavy atom. The van der Waals surface area contributed by atoms with Crippen LogP contribution >= 0.6 is 23.2 Å². The van der Waals surface area contributed by atoms with Crippen LogP contribution in [-0.4, -0.2) is 22.6 Å². The summed E-state index contributed by atoms with van der Waals surface area (Å²) in [5.41, 5.74) is 0.270. The SMILES string of the molecule is CC(C)(C)c1nc(CCNC(=O)c2ccc(Cl)c(Cl)c2)no1. The summed E-state index contributed by atoms with van der Waals surface area (Å²) in [6, 6.07) is 4.74. The highest BCUT2D eigenvalue weighted by Crippen LogP contribution is 2.22. The Morgan fingerprint density at radius 1 is 1.27 bits per heavy atom. The number of carbonyl (C=O) groups is 1. The van der Waals surface area contributed by atoms with Crippen LogP contribution in [0.4, 0.5) is 0 Å². The number of carbonyl (C=O) groups excluding carboxylic acids is 1. The van der Waals surface area contributed by atoms with Crippen molar-refractivity contribution >= 4 is 29.1 Å². The zero-order valence-corrected chi connectivity index (χ0v) is 14.1. The van der Waals surface area contributed by atoms with Gasteiger partial charge in [0.1, 0.15) is 0 Å². The zero-order chi connectivity index (χ0) is 16.3. The first kappa shape index (κ1) is 16.8. The summed E-state index contributed by atoms with van der Waals surface area (Å²) in [7, 11) is 0. The van der Waals surface area contributed by atoms with Crippen molar-refractivity contribution in [3.63, 3.8) is 0 Å². The third kappa shape index (κ3) is 4.21. The lowest BCUT2D eigenvalue weighted by molar-refractivity contribution is 0.0954. The van der Waals surface area contributed by atoms with Gasteiger partial charge in [0.05, 0.1) is 10.0 Å². The maximum absolute atomic E-state index is 12.0. The van der Waals surface area contributed by atoms with Gasteiger partial charge in [-0.25, -0.2) is 0 Å². The number of benzene rings is 1. The van der Waals surface area contributed by atoms with Gasteiger partial charge in [0.25, 0.3) is 5.91 Å². The van der Waals surface area contributed by atoms with Crippen LogP contribution in [0.1, 0.15) is 42.8 Å². The van der Waals surface area contributed by atoms with Crippen molar-refractivity contribution in [1.82, 2.24) is 15.5 Å². The maximum atomic E-state index is 12.0. The average Bonchev–Trinajstić information content (AvgIpc) is 2.90. The molecule has 5 nitrogen and oxygen atoms in total. The monoisotopic (exact) mass is 341 g/mol. The van der Waals surface area contributed by atoms with Crippen LogP contribution in [0.25, 0.3) is 0 Å². The van der Waals surface area contributed by atoms with Gasteiger partial charge in [0.2, 0.25) is 5.89 Å². The molecule has 0 atom stereocenters. The van der Waals surface area contributed by atoms with E-state index in [9.17, 15) is 4.79 Å². The van der Waals surface area contributed by atoms with Gasteiger partial charge in [-0.2, -0.15) is 4.98 Å². The summed E-state index contributed by atoms with van der Waals surface area (Å²) in [4.78, 5) is 16.3. The Balaban J connectivity index is 1.89. The summed E-state index contributed by atoms with van der Waals surface area (Å²) in [5, 5.41) is 7.45. The number of hydrogen-bond acceptors (Lipinski definition) is 4. The molecule has 0 spiro atoms. The molecule has 0 aliphatic carbocycles. The summed E-state index contributed by atoms with van der Waals surface area (Å²) in [6.45, 7) is 6.39. The largest absolute Gasteiger partial charge is 0.352 e. The van der Waals surface area contributed by atoms with Gasteiger partial charge >= 0.3 is 0 Å². The third-order valence-corrected chi connectivity index (χ3v) is 3.66. The lowest BCUT2D eigenvalue weighted by atomic mass is 9.97. The highest BCUT2D eigenvalue weighted by molar-refractivity contribution is 6.42. The van der Waals surface area contributed by atoms with E-state index >= 15 is 0 Å². The fraction of sp³-hybridized carbons (Fsp3) is 0.400. The van der Waals surface area contributed by atoms with Gasteiger partial charge in [-0.05, 0) is 18.2 Å². The molecule has 7 heteroatoms. The predicted octanol–water partition coefficient (Wildman–Crippen LogP) is 3.65. The van der Waals surface area contributed by atoms with E-state index in [2.05, 4.69) is 15.5 Å². The molecule has 2 aromatic rings. The lowest BCUT2D eigenvalue weighted by Crippen LogP contribution is -2.26. The van der Waals surface area contributed by atoms with Crippen LogP contribution in [0, 0.1) is 0 Å². The highest BCUT2D eigenvalue weighted by atomic mass is 35.5. The minimum Gasteiger partial charge on any atom is -0.352 e. The van der Waals surface area contributed by atoms with E-state index in [1.165, 1.54) is 6.07 Å². The molecule has 0 saturated heterocycles. The Labute approximate surface area is 139 Å². The van der Waals surface area contributed by atoms with E-state index in [1.807, 2.05) is 20.8 Å². The maximum Gasteiger partial charge on any atom is 0.251 e. The molecule has 0 aliphatic heterocycles. The molecule has 1 aromatic carbocycles. The van der Waals surface area contributed by atoms with E-state index in [0.29, 0.717) is 40.3 Å². The first-order valence-corrected chi connectivity index (χ1v) is 7.59. The normalized spacial score (nSPS) is 11.5. The predicted molar refractivity (Wildman–Crippen MR) is 85.5 cm³/mol. The number of hydrogen-bond donors (Lipinski definition) is 1. The van der Waals surface area contributed by atoms with Gasteiger partial charge in [-0.1, -0.05) is 49.1 Å². The van der Waals surface area contributed by atoms with Crippen LogP contribution in [0.15, 0.2) is 22.7 Å². The van der Waals surface area contributed by atoms with Gasteiger partial charge in [0.15, 0.2) is 5.82 Å². The highest BCUT2D eigenvalue weighted by Gasteiger charge is 2.21. The number of aromatic nitrogens is 2. The molecule has 1 heterocycles. The van der Waals surface area contributed by atoms with Gasteiger partial charge in [-0.3, -0.25) is 4.79 Å². The van der Waals surface area contributed by atoms with E-state index < -0.39 is 0 Å². The first-order chi connectivity index (χ1) is 10.3. The van der Waals surface area contributed by atoms with Crippen LogP contribution in [0.5, 0.6) is 0 Å². The van der Waals surface area contributed by atoms with Crippen molar-refractivity contribution in [2.75, 3.05) is 6.54 Å². The molecule has 0 saturated carbocycles. The molecular weight excluding hydrogens is 325 g/mol. The second kappa shape index (κ2) is 6.67. The summed E-state index contributed by atoms with van der Waals surface area (Å²) < 4.78 is 5.19. The minimum atomic E-state index is -0.224. The van der Waals surface area contributed by atoms with Gasteiger partial charge < -0.3 is 9.84 Å². The molecule has 1 aromatic heterocycles. The Kier molecular flexibility index (Phi) is 5.08. The van der Waals surface area contributed by atoms with Crippen molar-refractivity contribution in [3.05, 3.63) is 45.5 Å². The van der Waals surface area contributed by atoms with E-state index in [-0.39, 0.29) is 11.3 Å².